The van der Waals surface area contributed by atoms with Crippen LogP contribution in [0.2, 0.25) is 0 Å². The number of carbonyl (C=O) groups is 2. The molecule has 2 amide bonds. The van der Waals surface area contributed by atoms with Gasteiger partial charge >= 0.3 is 0 Å². The van der Waals surface area contributed by atoms with Crippen LogP contribution in [0.5, 0.6) is 0 Å². The lowest BCUT2D eigenvalue weighted by atomic mass is 10.1. The molecule has 1 fully saturated rings. The summed E-state index contributed by atoms with van der Waals surface area (Å²) in [6.07, 6.45) is 2.29. The Kier molecular flexibility index (Phi) is 5.83. The lowest BCUT2D eigenvalue weighted by molar-refractivity contribution is -0.127. The minimum absolute atomic E-state index is 0.156. The summed E-state index contributed by atoms with van der Waals surface area (Å²) in [5.74, 6) is 0.0455. The Morgan fingerprint density at radius 1 is 1.07 bits per heavy atom. The van der Waals surface area contributed by atoms with Gasteiger partial charge < -0.3 is 10.2 Å². The SMILES string of the molecule is O=C(NCCCN1CCCC1=O)c1ccc(Cn2nnc3ccccc3c2=O)cc1. The van der Waals surface area contributed by atoms with Crippen LogP contribution in [0.1, 0.15) is 35.2 Å². The van der Waals surface area contributed by atoms with Gasteiger partial charge in [0.15, 0.2) is 0 Å². The highest BCUT2D eigenvalue weighted by atomic mass is 16.2. The summed E-state index contributed by atoms with van der Waals surface area (Å²) in [6.45, 7) is 2.30. The topological polar surface area (TPSA) is 97.2 Å². The van der Waals surface area contributed by atoms with Crippen molar-refractivity contribution >= 4 is 22.7 Å². The lowest BCUT2D eigenvalue weighted by Crippen LogP contribution is -2.30. The van der Waals surface area contributed by atoms with Crippen LogP contribution < -0.4 is 10.9 Å². The minimum Gasteiger partial charge on any atom is -0.352 e. The molecule has 154 valence electrons. The van der Waals surface area contributed by atoms with E-state index in [1.165, 1.54) is 4.68 Å². The van der Waals surface area contributed by atoms with Gasteiger partial charge in [0, 0.05) is 31.6 Å². The van der Waals surface area contributed by atoms with E-state index in [9.17, 15) is 14.4 Å². The fraction of sp³-hybridized carbons (Fsp3) is 0.318. The quantitative estimate of drug-likeness (QED) is 0.602. The van der Waals surface area contributed by atoms with Crippen LogP contribution in [0.3, 0.4) is 0 Å². The Morgan fingerprint density at radius 3 is 2.63 bits per heavy atom. The van der Waals surface area contributed by atoms with Crippen molar-refractivity contribution in [2.45, 2.75) is 25.8 Å². The van der Waals surface area contributed by atoms with Crippen LogP contribution in [0, 0.1) is 0 Å². The minimum atomic E-state index is -0.195. The van der Waals surface area contributed by atoms with Crippen LogP contribution in [-0.2, 0) is 11.3 Å². The third-order valence-corrected chi connectivity index (χ3v) is 5.24. The first-order valence-electron chi connectivity index (χ1n) is 10.1. The van der Waals surface area contributed by atoms with Gasteiger partial charge in [0.05, 0.1) is 11.9 Å². The fourth-order valence-electron chi connectivity index (χ4n) is 3.58. The molecular formula is C22H23N5O3. The zero-order valence-corrected chi connectivity index (χ0v) is 16.6. The molecule has 0 bridgehead atoms. The predicted octanol–water partition coefficient (Wildman–Crippen LogP) is 1.58. The zero-order chi connectivity index (χ0) is 20.9. The van der Waals surface area contributed by atoms with Gasteiger partial charge in [-0.3, -0.25) is 14.4 Å². The van der Waals surface area contributed by atoms with Gasteiger partial charge in [-0.25, -0.2) is 4.68 Å². The maximum Gasteiger partial charge on any atom is 0.277 e. The Balaban J connectivity index is 1.32. The smallest absolute Gasteiger partial charge is 0.277 e. The molecule has 4 rings (SSSR count). The van der Waals surface area contributed by atoms with Gasteiger partial charge in [0.25, 0.3) is 11.5 Å². The van der Waals surface area contributed by atoms with Gasteiger partial charge in [-0.1, -0.05) is 29.5 Å². The largest absolute Gasteiger partial charge is 0.352 e. The van der Waals surface area contributed by atoms with Crippen LogP contribution in [0.15, 0.2) is 53.3 Å². The van der Waals surface area contributed by atoms with E-state index in [2.05, 4.69) is 15.6 Å². The molecule has 2 heterocycles. The number of rotatable bonds is 7. The van der Waals surface area contributed by atoms with Crippen LogP contribution in [0.25, 0.3) is 10.9 Å². The molecule has 0 aliphatic carbocycles. The maximum atomic E-state index is 12.5. The summed E-state index contributed by atoms with van der Waals surface area (Å²) in [5.41, 5.74) is 1.78. The van der Waals surface area contributed by atoms with E-state index in [4.69, 9.17) is 0 Å². The summed E-state index contributed by atoms with van der Waals surface area (Å²) in [6, 6.07) is 14.2. The van der Waals surface area contributed by atoms with Crippen LogP contribution in [-0.4, -0.2) is 51.3 Å². The molecular weight excluding hydrogens is 382 g/mol. The number of hydrogen-bond acceptors (Lipinski definition) is 5. The van der Waals surface area contributed by atoms with Crippen molar-refractivity contribution in [1.29, 1.82) is 0 Å². The first-order valence-corrected chi connectivity index (χ1v) is 10.1. The highest BCUT2D eigenvalue weighted by molar-refractivity contribution is 5.94. The van der Waals surface area contributed by atoms with Crippen molar-refractivity contribution in [2.75, 3.05) is 19.6 Å². The van der Waals surface area contributed by atoms with E-state index >= 15 is 0 Å². The molecule has 0 spiro atoms. The molecule has 3 aromatic rings. The van der Waals surface area contributed by atoms with E-state index in [1.54, 1.807) is 42.5 Å². The van der Waals surface area contributed by atoms with E-state index in [0.717, 1.165) is 24.9 Å². The first-order chi connectivity index (χ1) is 14.6. The fourth-order valence-corrected chi connectivity index (χ4v) is 3.58. The summed E-state index contributed by atoms with van der Waals surface area (Å²) in [7, 11) is 0. The molecule has 1 aliphatic rings. The summed E-state index contributed by atoms with van der Waals surface area (Å²) >= 11 is 0. The van der Waals surface area contributed by atoms with Crippen molar-refractivity contribution in [3.63, 3.8) is 0 Å². The highest BCUT2D eigenvalue weighted by Crippen LogP contribution is 2.10. The Bertz CT molecular complexity index is 1120. The van der Waals surface area contributed by atoms with Crippen LogP contribution >= 0.6 is 0 Å². The van der Waals surface area contributed by atoms with Crippen molar-refractivity contribution < 1.29 is 9.59 Å². The normalized spacial score (nSPS) is 13.7. The number of hydrogen-bond donors (Lipinski definition) is 1. The number of aromatic nitrogens is 3. The molecule has 8 heteroatoms. The average molecular weight is 405 g/mol. The molecule has 0 unspecified atom stereocenters. The van der Waals surface area contributed by atoms with E-state index < -0.39 is 0 Å². The number of carbonyl (C=O) groups excluding carboxylic acids is 2. The molecule has 2 aromatic carbocycles. The van der Waals surface area contributed by atoms with Gasteiger partial charge in [-0.2, -0.15) is 0 Å². The third kappa shape index (κ3) is 4.37. The highest BCUT2D eigenvalue weighted by Gasteiger charge is 2.19. The number of benzene rings is 2. The second kappa shape index (κ2) is 8.86. The second-order valence-electron chi connectivity index (χ2n) is 7.36. The predicted molar refractivity (Wildman–Crippen MR) is 112 cm³/mol. The maximum absolute atomic E-state index is 12.5. The van der Waals surface area contributed by atoms with Gasteiger partial charge in [0.1, 0.15) is 5.52 Å². The Hall–Kier alpha value is -3.55. The zero-order valence-electron chi connectivity index (χ0n) is 16.6. The van der Waals surface area contributed by atoms with Gasteiger partial charge in [-0.15, -0.1) is 5.10 Å². The molecule has 0 atom stereocenters. The van der Waals surface area contributed by atoms with Crippen LogP contribution in [0.4, 0.5) is 0 Å². The number of nitrogens with one attached hydrogen (secondary N) is 1. The number of fused-ring (bicyclic) bond motifs is 1. The molecule has 1 N–H and O–H groups in total. The van der Waals surface area contributed by atoms with Gasteiger partial charge in [-0.05, 0) is 42.7 Å². The Morgan fingerprint density at radius 2 is 1.87 bits per heavy atom. The van der Waals surface area contributed by atoms with E-state index in [-0.39, 0.29) is 23.9 Å². The average Bonchev–Trinajstić information content (AvgIpc) is 3.18. The van der Waals surface area contributed by atoms with Crippen molar-refractivity contribution in [3.8, 4) is 0 Å². The first kappa shape index (κ1) is 19.8. The number of amides is 2. The molecule has 1 aromatic heterocycles. The number of nitrogens with zero attached hydrogens (tertiary/aromatic N) is 4. The Labute approximate surface area is 173 Å². The monoisotopic (exact) mass is 405 g/mol. The second-order valence-corrected chi connectivity index (χ2v) is 7.36. The van der Waals surface area contributed by atoms with Crippen molar-refractivity contribution in [1.82, 2.24) is 25.2 Å². The molecule has 30 heavy (non-hydrogen) atoms. The van der Waals surface area contributed by atoms with Crippen molar-refractivity contribution in [2.24, 2.45) is 0 Å². The summed E-state index contributed by atoms with van der Waals surface area (Å²) < 4.78 is 1.32. The van der Waals surface area contributed by atoms with E-state index in [0.29, 0.717) is 36.0 Å². The molecule has 0 saturated carbocycles. The van der Waals surface area contributed by atoms with Crippen molar-refractivity contribution in [3.05, 3.63) is 70.0 Å². The summed E-state index contributed by atoms with van der Waals surface area (Å²) in [5, 5.41) is 11.5. The lowest BCUT2D eigenvalue weighted by Gasteiger charge is -2.15. The standard InChI is InChI=1S/C22H23N5O3/c28-20-7-3-13-26(20)14-4-12-23-21(29)17-10-8-16(9-11-17)15-27-22(30)18-5-1-2-6-19(18)24-25-27/h1-2,5-6,8-11H,3-4,7,12-15H2,(H,23,29). The third-order valence-electron chi connectivity index (χ3n) is 5.24. The molecule has 1 aliphatic heterocycles. The molecule has 0 radical (unpaired) electrons. The van der Waals surface area contributed by atoms with E-state index in [1.807, 2.05) is 11.0 Å². The molecule has 8 nitrogen and oxygen atoms in total. The van der Waals surface area contributed by atoms with Gasteiger partial charge in [0.2, 0.25) is 5.91 Å². The number of likely N-dealkylation sites (tertiary alicyclic amines) is 1. The molecule has 1 saturated heterocycles. The summed E-state index contributed by atoms with van der Waals surface area (Å²) in [4.78, 5) is 38.3.